The number of anilines is 1. The molecule has 2 aromatic heterocycles. The summed E-state index contributed by atoms with van der Waals surface area (Å²) >= 11 is 5.97. The summed E-state index contributed by atoms with van der Waals surface area (Å²) in [6.07, 6.45) is 1.07. The lowest BCUT2D eigenvalue weighted by atomic mass is 10.1. The number of amides is 1. The second kappa shape index (κ2) is 8.24. The third-order valence-electron chi connectivity index (χ3n) is 5.16. The number of nitrogens with one attached hydrogen (secondary N) is 1. The zero-order valence-electron chi connectivity index (χ0n) is 17.1. The van der Waals surface area contributed by atoms with Crippen LogP contribution in [0.4, 0.5) is 5.69 Å². The first-order valence-corrected chi connectivity index (χ1v) is 10.2. The lowest BCUT2D eigenvalue weighted by Crippen LogP contribution is -2.18. The molecule has 0 saturated heterocycles. The zero-order valence-corrected chi connectivity index (χ0v) is 17.9. The van der Waals surface area contributed by atoms with E-state index >= 15 is 0 Å². The van der Waals surface area contributed by atoms with E-state index in [0.717, 1.165) is 40.2 Å². The molecule has 0 bridgehead atoms. The lowest BCUT2D eigenvalue weighted by molar-refractivity contribution is -0.115. The molecule has 0 radical (unpaired) electrons. The first-order chi connectivity index (χ1) is 14.5. The summed E-state index contributed by atoms with van der Waals surface area (Å²) in [4.78, 5) is 21.9. The van der Waals surface area contributed by atoms with Crippen molar-refractivity contribution in [1.82, 2.24) is 19.6 Å². The molecule has 1 amide bonds. The van der Waals surface area contributed by atoms with E-state index in [4.69, 9.17) is 11.6 Å². The molecule has 0 saturated carbocycles. The van der Waals surface area contributed by atoms with Gasteiger partial charge in [-0.25, -0.2) is 9.50 Å². The van der Waals surface area contributed by atoms with Gasteiger partial charge in [-0.3, -0.25) is 4.79 Å². The number of rotatable bonds is 5. The molecule has 2 heterocycles. The first-order valence-electron chi connectivity index (χ1n) is 9.82. The van der Waals surface area contributed by atoms with Crippen molar-refractivity contribution in [2.24, 2.45) is 0 Å². The Bertz CT molecular complexity index is 1230. The molecule has 6 nitrogen and oxygen atoms in total. The van der Waals surface area contributed by atoms with Gasteiger partial charge in [0.25, 0.3) is 5.78 Å². The SMILES string of the molecule is CCc1ccccc1NC(=O)Cc1c(C)nc2nc(-c3ccc(Cl)cc3)nn2c1C. The van der Waals surface area contributed by atoms with Crippen LogP contribution in [0.5, 0.6) is 0 Å². The lowest BCUT2D eigenvalue weighted by Gasteiger charge is -2.12. The molecule has 0 atom stereocenters. The van der Waals surface area contributed by atoms with Crippen LogP contribution in [0.15, 0.2) is 48.5 Å². The highest BCUT2D eigenvalue weighted by molar-refractivity contribution is 6.30. The predicted molar refractivity (Wildman–Crippen MR) is 119 cm³/mol. The van der Waals surface area contributed by atoms with Gasteiger partial charge in [0, 0.05) is 33.2 Å². The van der Waals surface area contributed by atoms with Crippen molar-refractivity contribution in [2.45, 2.75) is 33.6 Å². The quantitative estimate of drug-likeness (QED) is 0.504. The second-order valence-electron chi connectivity index (χ2n) is 7.15. The Morgan fingerprint density at radius 2 is 1.80 bits per heavy atom. The van der Waals surface area contributed by atoms with Gasteiger partial charge in [0.1, 0.15) is 0 Å². The molecular formula is C23H22ClN5O. The van der Waals surface area contributed by atoms with Crippen molar-refractivity contribution >= 4 is 29.0 Å². The topological polar surface area (TPSA) is 72.2 Å². The van der Waals surface area contributed by atoms with E-state index in [1.165, 1.54) is 0 Å². The zero-order chi connectivity index (χ0) is 21.3. The van der Waals surface area contributed by atoms with Gasteiger partial charge in [-0.15, -0.1) is 5.10 Å². The molecule has 152 valence electrons. The number of aromatic nitrogens is 4. The molecule has 4 rings (SSSR count). The number of nitrogens with zero attached hydrogens (tertiary/aromatic N) is 4. The standard InChI is InChI=1S/C23H22ClN5O/c1-4-16-7-5-6-8-20(16)26-21(30)13-19-14(2)25-23-27-22(28-29(23)15(19)3)17-9-11-18(24)12-10-17/h5-12H,4,13H2,1-3H3,(H,26,30). The molecule has 7 heteroatoms. The number of aryl methyl sites for hydroxylation is 3. The van der Waals surface area contributed by atoms with Crippen LogP contribution in [0.3, 0.4) is 0 Å². The fourth-order valence-electron chi connectivity index (χ4n) is 3.49. The van der Waals surface area contributed by atoms with Crippen molar-refractivity contribution in [3.63, 3.8) is 0 Å². The average Bonchev–Trinajstić information content (AvgIpc) is 3.16. The summed E-state index contributed by atoms with van der Waals surface area (Å²) in [5.41, 5.74) is 5.29. The molecule has 30 heavy (non-hydrogen) atoms. The van der Waals surface area contributed by atoms with Gasteiger partial charge in [-0.05, 0) is 56.2 Å². The minimum atomic E-state index is -0.0821. The molecule has 0 spiro atoms. The van der Waals surface area contributed by atoms with E-state index < -0.39 is 0 Å². The summed E-state index contributed by atoms with van der Waals surface area (Å²) in [7, 11) is 0. The highest BCUT2D eigenvalue weighted by Gasteiger charge is 2.17. The van der Waals surface area contributed by atoms with E-state index in [9.17, 15) is 4.79 Å². The highest BCUT2D eigenvalue weighted by Crippen LogP contribution is 2.22. The van der Waals surface area contributed by atoms with Gasteiger partial charge in [0.15, 0.2) is 5.82 Å². The number of fused-ring (bicyclic) bond motifs is 1. The third kappa shape index (κ3) is 3.91. The van der Waals surface area contributed by atoms with Crippen molar-refractivity contribution < 1.29 is 4.79 Å². The number of carbonyl (C=O) groups excluding carboxylic acids is 1. The van der Waals surface area contributed by atoms with Crippen molar-refractivity contribution in [3.05, 3.63) is 76.1 Å². The van der Waals surface area contributed by atoms with Gasteiger partial charge in [0.05, 0.1) is 6.42 Å². The molecule has 1 N–H and O–H groups in total. The van der Waals surface area contributed by atoms with E-state index in [-0.39, 0.29) is 12.3 Å². The van der Waals surface area contributed by atoms with Crippen LogP contribution >= 0.6 is 11.6 Å². The van der Waals surface area contributed by atoms with Crippen LogP contribution < -0.4 is 5.32 Å². The number of halogens is 1. The fourth-order valence-corrected chi connectivity index (χ4v) is 3.62. The molecule has 0 aliphatic heterocycles. The number of para-hydroxylation sites is 1. The van der Waals surface area contributed by atoms with Crippen molar-refractivity contribution in [1.29, 1.82) is 0 Å². The maximum atomic E-state index is 12.8. The van der Waals surface area contributed by atoms with E-state index in [1.807, 2.05) is 50.2 Å². The minimum Gasteiger partial charge on any atom is -0.326 e. The van der Waals surface area contributed by atoms with E-state index in [0.29, 0.717) is 16.6 Å². The molecule has 0 aliphatic carbocycles. The first kappa shape index (κ1) is 20.0. The van der Waals surface area contributed by atoms with Gasteiger partial charge in [-0.1, -0.05) is 36.7 Å². The molecule has 0 aliphatic rings. The third-order valence-corrected chi connectivity index (χ3v) is 5.41. The van der Waals surface area contributed by atoms with Crippen LogP contribution in [0.1, 0.15) is 29.4 Å². The van der Waals surface area contributed by atoms with Crippen molar-refractivity contribution in [2.75, 3.05) is 5.32 Å². The monoisotopic (exact) mass is 419 g/mol. The summed E-state index contributed by atoms with van der Waals surface area (Å²) < 4.78 is 1.69. The predicted octanol–water partition coefficient (Wildman–Crippen LogP) is 4.81. The largest absolute Gasteiger partial charge is 0.326 e. The van der Waals surface area contributed by atoms with Gasteiger partial charge in [0.2, 0.25) is 5.91 Å². The van der Waals surface area contributed by atoms with Crippen LogP contribution in [0, 0.1) is 13.8 Å². The Morgan fingerprint density at radius 3 is 2.53 bits per heavy atom. The highest BCUT2D eigenvalue weighted by atomic mass is 35.5. The van der Waals surface area contributed by atoms with E-state index in [2.05, 4.69) is 27.3 Å². The van der Waals surface area contributed by atoms with Crippen LogP contribution in [0.25, 0.3) is 17.2 Å². The Morgan fingerprint density at radius 1 is 1.07 bits per heavy atom. The smallest absolute Gasteiger partial charge is 0.253 e. The van der Waals surface area contributed by atoms with Gasteiger partial charge in [-0.2, -0.15) is 4.98 Å². The molecule has 0 fully saturated rings. The molecule has 0 unspecified atom stereocenters. The average molecular weight is 420 g/mol. The number of benzene rings is 2. The van der Waals surface area contributed by atoms with Gasteiger partial charge >= 0.3 is 0 Å². The number of hydrogen-bond donors (Lipinski definition) is 1. The van der Waals surface area contributed by atoms with Crippen LogP contribution in [-0.4, -0.2) is 25.5 Å². The number of carbonyl (C=O) groups is 1. The molecule has 4 aromatic rings. The molecular weight excluding hydrogens is 398 g/mol. The van der Waals surface area contributed by atoms with E-state index in [1.54, 1.807) is 16.6 Å². The summed E-state index contributed by atoms with van der Waals surface area (Å²) in [5, 5.41) is 8.28. The van der Waals surface area contributed by atoms with Crippen LogP contribution in [0.2, 0.25) is 5.02 Å². The minimum absolute atomic E-state index is 0.0821. The summed E-state index contributed by atoms with van der Waals surface area (Å²) in [5.74, 6) is 0.997. The summed E-state index contributed by atoms with van der Waals surface area (Å²) in [6.45, 7) is 5.90. The maximum Gasteiger partial charge on any atom is 0.253 e. The van der Waals surface area contributed by atoms with Gasteiger partial charge < -0.3 is 5.32 Å². The van der Waals surface area contributed by atoms with Crippen LogP contribution in [-0.2, 0) is 17.6 Å². The normalized spacial score (nSPS) is 11.1. The maximum absolute atomic E-state index is 12.8. The Hall–Kier alpha value is -3.25. The fraction of sp³-hybridized carbons (Fsp3) is 0.217. The Labute approximate surface area is 179 Å². The number of hydrogen-bond acceptors (Lipinski definition) is 4. The Balaban J connectivity index is 1.64. The Kier molecular flexibility index (Phi) is 5.50. The summed E-state index contributed by atoms with van der Waals surface area (Å²) in [6, 6.07) is 15.2. The van der Waals surface area contributed by atoms with Crippen molar-refractivity contribution in [3.8, 4) is 11.4 Å². The second-order valence-corrected chi connectivity index (χ2v) is 7.59. The molecule has 2 aromatic carbocycles.